The average molecular weight is 621 g/mol. The predicted molar refractivity (Wildman–Crippen MR) is 157 cm³/mol. The predicted octanol–water partition coefficient (Wildman–Crippen LogP) is 11.1. The van der Waals surface area contributed by atoms with Gasteiger partial charge in [0.1, 0.15) is 17.4 Å². The average Bonchev–Trinajstić information content (AvgIpc) is 2.99. The summed E-state index contributed by atoms with van der Waals surface area (Å²) < 4.78 is 102. The van der Waals surface area contributed by atoms with Crippen molar-refractivity contribution in [2.24, 2.45) is 5.92 Å². The van der Waals surface area contributed by atoms with Crippen LogP contribution < -0.4 is 4.74 Å². The third-order valence-electron chi connectivity index (χ3n) is 9.59. The van der Waals surface area contributed by atoms with E-state index >= 15 is 8.78 Å². The molecule has 0 amide bonds. The monoisotopic (exact) mass is 620 g/mol. The second-order valence-electron chi connectivity index (χ2n) is 12.5. The Bertz CT molecular complexity index is 1420. The Morgan fingerprint density at radius 3 is 2.02 bits per heavy atom. The molecule has 0 aliphatic heterocycles. The normalized spacial score (nSPS) is 20.4. The van der Waals surface area contributed by atoms with E-state index < -0.39 is 29.6 Å². The quantitative estimate of drug-likeness (QED) is 0.162. The minimum absolute atomic E-state index is 0.103. The van der Waals surface area contributed by atoms with Gasteiger partial charge in [0.05, 0.1) is 0 Å². The smallest absolute Gasteiger partial charge is 0.406 e. The van der Waals surface area contributed by atoms with E-state index in [2.05, 4.69) is 11.7 Å². The van der Waals surface area contributed by atoms with E-state index in [4.69, 9.17) is 0 Å². The number of benzene rings is 3. The molecule has 1 saturated carbocycles. The van der Waals surface area contributed by atoms with Crippen LogP contribution in [0.5, 0.6) is 5.75 Å². The second kappa shape index (κ2) is 13.9. The molecular formula is C36H39F7O. The van der Waals surface area contributed by atoms with Gasteiger partial charge in [0, 0.05) is 5.56 Å². The maximum absolute atomic E-state index is 15.8. The summed E-state index contributed by atoms with van der Waals surface area (Å²) in [5.41, 5.74) is 3.02. The van der Waals surface area contributed by atoms with Crippen molar-refractivity contribution in [3.05, 3.63) is 99.1 Å². The van der Waals surface area contributed by atoms with E-state index in [-0.39, 0.29) is 29.1 Å². The first-order valence-electron chi connectivity index (χ1n) is 15.8. The highest BCUT2D eigenvalue weighted by Gasteiger charge is 2.33. The van der Waals surface area contributed by atoms with Gasteiger partial charge in [-0.05, 0) is 134 Å². The molecule has 0 radical (unpaired) electrons. The van der Waals surface area contributed by atoms with Crippen molar-refractivity contribution in [3.8, 4) is 5.75 Å². The van der Waals surface area contributed by atoms with E-state index in [9.17, 15) is 22.0 Å². The lowest BCUT2D eigenvalue weighted by Crippen LogP contribution is -2.21. The topological polar surface area (TPSA) is 9.23 Å². The zero-order valence-electron chi connectivity index (χ0n) is 25.0. The first kappa shape index (κ1) is 32.4. The highest BCUT2D eigenvalue weighted by Crippen LogP contribution is 2.44. The lowest BCUT2D eigenvalue weighted by molar-refractivity contribution is -0.274. The zero-order chi connectivity index (χ0) is 31.4. The summed E-state index contributed by atoms with van der Waals surface area (Å²) in [5.74, 6) is -2.83. The van der Waals surface area contributed by atoms with Crippen molar-refractivity contribution >= 4 is 0 Å². The van der Waals surface area contributed by atoms with E-state index in [0.717, 1.165) is 24.8 Å². The Balaban J connectivity index is 1.18. The van der Waals surface area contributed by atoms with E-state index in [1.165, 1.54) is 18.2 Å². The molecule has 44 heavy (non-hydrogen) atoms. The van der Waals surface area contributed by atoms with Gasteiger partial charge < -0.3 is 4.74 Å². The molecule has 0 spiro atoms. The Morgan fingerprint density at radius 1 is 0.750 bits per heavy atom. The standard InChI is InChI=1S/C36H39F7O/c1-2-3-4-5-26-13-14-27(34(39)33(26)38)8-6-22-7-19-30-28(20-22)21-31(37)32(35(30)40)25-11-9-23(10-12-25)24-15-17-29(18-16-24)44-36(41,42)43/h13-18,21-23,25H,2-12,19-20H2,1H3. The fourth-order valence-electron chi connectivity index (χ4n) is 7.16. The van der Waals surface area contributed by atoms with Gasteiger partial charge >= 0.3 is 6.36 Å². The number of alkyl halides is 3. The minimum atomic E-state index is -4.75. The Morgan fingerprint density at radius 2 is 1.39 bits per heavy atom. The van der Waals surface area contributed by atoms with Crippen molar-refractivity contribution in [3.63, 3.8) is 0 Å². The molecule has 1 atom stereocenters. The molecule has 2 aliphatic rings. The van der Waals surface area contributed by atoms with Gasteiger partial charge in [-0.3, -0.25) is 0 Å². The van der Waals surface area contributed by atoms with Gasteiger partial charge in [0.15, 0.2) is 11.6 Å². The summed E-state index contributed by atoms with van der Waals surface area (Å²) in [7, 11) is 0. The summed E-state index contributed by atoms with van der Waals surface area (Å²) in [6, 6.07) is 10.7. The molecule has 1 fully saturated rings. The van der Waals surface area contributed by atoms with Crippen LogP contribution in [-0.4, -0.2) is 6.36 Å². The highest BCUT2D eigenvalue weighted by molar-refractivity contribution is 5.39. The van der Waals surface area contributed by atoms with E-state index in [0.29, 0.717) is 86.5 Å². The van der Waals surface area contributed by atoms with Crippen molar-refractivity contribution in [1.82, 2.24) is 0 Å². The summed E-state index contributed by atoms with van der Waals surface area (Å²) in [4.78, 5) is 0. The number of unbranched alkanes of at least 4 members (excludes halogenated alkanes) is 2. The summed E-state index contributed by atoms with van der Waals surface area (Å²) in [5, 5.41) is 0. The number of ether oxygens (including phenoxy) is 1. The summed E-state index contributed by atoms with van der Waals surface area (Å²) in [6.45, 7) is 2.06. The van der Waals surface area contributed by atoms with Crippen LogP contribution in [0.3, 0.4) is 0 Å². The molecule has 8 heteroatoms. The number of hydrogen-bond donors (Lipinski definition) is 0. The molecule has 3 aromatic rings. The molecule has 5 rings (SSSR count). The zero-order valence-corrected chi connectivity index (χ0v) is 25.0. The lowest BCUT2D eigenvalue weighted by atomic mass is 9.74. The first-order valence-corrected chi connectivity index (χ1v) is 15.8. The molecule has 0 heterocycles. The molecule has 1 nitrogen and oxygen atoms in total. The number of fused-ring (bicyclic) bond motifs is 1. The Kier molecular flexibility index (Phi) is 10.3. The third-order valence-corrected chi connectivity index (χ3v) is 9.59. The molecule has 238 valence electrons. The summed E-state index contributed by atoms with van der Waals surface area (Å²) >= 11 is 0. The maximum Gasteiger partial charge on any atom is 0.573 e. The van der Waals surface area contributed by atoms with Crippen molar-refractivity contribution in [1.29, 1.82) is 0 Å². The fraction of sp³-hybridized carbons (Fsp3) is 0.500. The van der Waals surface area contributed by atoms with E-state index in [1.807, 2.05) is 0 Å². The number of aryl methyl sites for hydroxylation is 2. The molecule has 0 aromatic heterocycles. The van der Waals surface area contributed by atoms with E-state index in [1.54, 1.807) is 24.3 Å². The largest absolute Gasteiger partial charge is 0.573 e. The van der Waals surface area contributed by atoms with Gasteiger partial charge in [-0.1, -0.05) is 44.0 Å². The molecule has 0 saturated heterocycles. The van der Waals surface area contributed by atoms with Gasteiger partial charge in [-0.15, -0.1) is 13.2 Å². The third kappa shape index (κ3) is 7.60. The van der Waals surface area contributed by atoms with Crippen molar-refractivity contribution < 1.29 is 35.5 Å². The SMILES string of the molecule is CCCCCc1ccc(CCC2CCc3c(cc(F)c(C4CCC(c5ccc(OC(F)(F)F)cc5)CC4)c3F)C2)c(F)c1F. The lowest BCUT2D eigenvalue weighted by Gasteiger charge is -2.32. The van der Waals surface area contributed by atoms with Gasteiger partial charge in [-0.2, -0.15) is 0 Å². The molecule has 2 aliphatic carbocycles. The van der Waals surface area contributed by atoms with Crippen LogP contribution in [-0.2, 0) is 25.7 Å². The van der Waals surface area contributed by atoms with Gasteiger partial charge in [0.2, 0.25) is 0 Å². The van der Waals surface area contributed by atoms with Crippen LogP contribution in [0.25, 0.3) is 0 Å². The van der Waals surface area contributed by atoms with Gasteiger partial charge in [0.25, 0.3) is 0 Å². The highest BCUT2D eigenvalue weighted by atomic mass is 19.4. The van der Waals surface area contributed by atoms with Crippen LogP contribution in [0.2, 0.25) is 0 Å². The van der Waals surface area contributed by atoms with Crippen LogP contribution >= 0.6 is 0 Å². The Hall–Kier alpha value is -3.03. The number of halogens is 7. The van der Waals surface area contributed by atoms with Crippen LogP contribution in [0.15, 0.2) is 42.5 Å². The number of rotatable bonds is 10. The second-order valence-corrected chi connectivity index (χ2v) is 12.5. The van der Waals surface area contributed by atoms with Gasteiger partial charge in [-0.25, -0.2) is 17.6 Å². The van der Waals surface area contributed by atoms with Crippen molar-refractivity contribution in [2.75, 3.05) is 0 Å². The molecule has 0 bridgehead atoms. The van der Waals surface area contributed by atoms with Crippen molar-refractivity contribution in [2.45, 2.75) is 109 Å². The molecular weight excluding hydrogens is 581 g/mol. The number of hydrogen-bond acceptors (Lipinski definition) is 1. The minimum Gasteiger partial charge on any atom is -0.406 e. The van der Waals surface area contributed by atoms with Crippen LogP contribution in [0.1, 0.15) is 110 Å². The van der Waals surface area contributed by atoms with Crippen LogP contribution in [0, 0.1) is 29.2 Å². The molecule has 1 unspecified atom stereocenters. The molecule has 3 aromatic carbocycles. The maximum atomic E-state index is 15.8. The fourth-order valence-corrected chi connectivity index (χ4v) is 7.16. The molecule has 0 N–H and O–H groups in total. The Labute approximate surface area is 254 Å². The summed E-state index contributed by atoms with van der Waals surface area (Å²) in [6.07, 6.45) is 3.79. The first-order chi connectivity index (χ1) is 21.0. The van der Waals surface area contributed by atoms with Crippen LogP contribution in [0.4, 0.5) is 30.7 Å².